The number of hydrogen-bond donors (Lipinski definition) is 0. The van der Waals surface area contributed by atoms with E-state index in [1.807, 2.05) is 36.2 Å². The first kappa shape index (κ1) is 24.9. The average Bonchev–Trinajstić information content (AvgIpc) is 3.08. The molecule has 1 aliphatic heterocycles. The van der Waals surface area contributed by atoms with Gasteiger partial charge in [-0.05, 0) is 12.1 Å². The number of rotatable bonds is 3. The van der Waals surface area contributed by atoms with Crippen LogP contribution >= 0.6 is 81.4 Å². The number of hydrogen-bond acceptors (Lipinski definition) is 6. The molecular weight excluding hydrogens is 569 g/mol. The van der Waals surface area contributed by atoms with Crippen molar-refractivity contribution in [3.63, 3.8) is 0 Å². The van der Waals surface area contributed by atoms with E-state index in [0.717, 1.165) is 15.6 Å². The number of halogens is 6. The van der Waals surface area contributed by atoms with Gasteiger partial charge in [0.05, 0.1) is 10.7 Å². The summed E-state index contributed by atoms with van der Waals surface area (Å²) in [5, 5.41) is 0.836. The Morgan fingerprint density at radius 1 is 0.879 bits per heavy atom. The van der Waals surface area contributed by atoms with Crippen molar-refractivity contribution < 1.29 is 4.79 Å². The summed E-state index contributed by atoms with van der Waals surface area (Å²) < 4.78 is -3.90. The van der Waals surface area contributed by atoms with Gasteiger partial charge in [0.15, 0.2) is 23.3 Å². The first-order valence-corrected chi connectivity index (χ1v) is 12.3. The fraction of sp³-hybridized carbons (Fsp3) is 0.143. The molecule has 33 heavy (non-hydrogen) atoms. The van der Waals surface area contributed by atoms with E-state index in [1.54, 1.807) is 30.3 Å². The number of para-hydroxylation sites is 1. The van der Waals surface area contributed by atoms with Crippen molar-refractivity contribution in [1.29, 1.82) is 0 Å². The Morgan fingerprint density at radius 3 is 2.00 bits per heavy atom. The highest BCUT2D eigenvalue weighted by molar-refractivity contribution is 8.03. The highest BCUT2D eigenvalue weighted by atomic mass is 35.6. The van der Waals surface area contributed by atoms with Crippen molar-refractivity contribution in [2.75, 3.05) is 11.9 Å². The van der Waals surface area contributed by atoms with Gasteiger partial charge in [-0.1, -0.05) is 118 Å². The molecule has 170 valence electrons. The van der Waals surface area contributed by atoms with E-state index < -0.39 is 7.59 Å². The van der Waals surface area contributed by atoms with Crippen molar-refractivity contribution in [1.82, 2.24) is 15.0 Å². The second kappa shape index (κ2) is 9.42. The fourth-order valence-corrected chi connectivity index (χ4v) is 4.57. The van der Waals surface area contributed by atoms with Crippen LogP contribution in [0, 0.1) is 0 Å². The number of thioether (sulfide) groups is 1. The van der Waals surface area contributed by atoms with Gasteiger partial charge in [0.1, 0.15) is 0 Å². The Kier molecular flexibility index (Phi) is 7.10. The van der Waals surface area contributed by atoms with Crippen molar-refractivity contribution in [3.8, 4) is 11.4 Å². The number of carbonyl (C=O) groups excluding carboxylic acids is 1. The maximum atomic E-state index is 12.9. The molecule has 12 heteroatoms. The van der Waals surface area contributed by atoms with Crippen molar-refractivity contribution >= 4 is 92.8 Å². The Hall–Kier alpha value is -1.25. The Balaban J connectivity index is 1.62. The van der Waals surface area contributed by atoms with Crippen molar-refractivity contribution in [2.45, 2.75) is 12.5 Å². The zero-order valence-corrected chi connectivity index (χ0v) is 21.9. The lowest BCUT2D eigenvalue weighted by molar-refractivity contribution is 0.104. The third kappa shape index (κ3) is 5.54. The van der Waals surface area contributed by atoms with E-state index in [1.165, 1.54) is 11.8 Å². The van der Waals surface area contributed by atoms with Crippen LogP contribution in [0.2, 0.25) is 0 Å². The van der Waals surface area contributed by atoms with Crippen LogP contribution in [-0.2, 0) is 7.59 Å². The Morgan fingerprint density at radius 2 is 1.45 bits per heavy atom. The standard InChI is InChI=1S/C21H12Cl6N4OS/c1-31-13-4-2-3-5-15(13)33-16(31)10-14(32)11-6-8-12(9-7-11)17-28-18(20(22,23)24)30-19(29-17)21(25,26)27/h2-10H,1H3. The number of anilines is 1. The number of alkyl halides is 6. The highest BCUT2D eigenvalue weighted by Crippen LogP contribution is 2.45. The SMILES string of the molecule is CN1C(=CC(=O)c2ccc(-c3nc(C(Cl)(Cl)Cl)nc(C(Cl)(Cl)Cl)n3)cc2)Sc2ccccc21. The molecule has 0 fully saturated rings. The van der Waals surface area contributed by atoms with Crippen molar-refractivity contribution in [3.05, 3.63) is 76.8 Å². The van der Waals surface area contributed by atoms with Crippen LogP contribution in [0.3, 0.4) is 0 Å². The van der Waals surface area contributed by atoms with Crippen LogP contribution in [0.25, 0.3) is 11.4 Å². The largest absolute Gasteiger partial charge is 0.338 e. The molecule has 2 aromatic carbocycles. The molecule has 2 heterocycles. The molecule has 0 spiro atoms. The van der Waals surface area contributed by atoms with Crippen LogP contribution in [0.1, 0.15) is 22.0 Å². The molecule has 0 bridgehead atoms. The van der Waals surface area contributed by atoms with Gasteiger partial charge in [0, 0.05) is 29.1 Å². The fourth-order valence-electron chi connectivity index (χ4n) is 2.98. The first-order valence-electron chi connectivity index (χ1n) is 9.21. The Bertz CT molecular complexity index is 1220. The van der Waals surface area contributed by atoms with Crippen LogP contribution in [0.4, 0.5) is 5.69 Å². The van der Waals surface area contributed by atoms with Gasteiger partial charge >= 0.3 is 0 Å². The maximum Gasteiger partial charge on any atom is 0.250 e. The molecular formula is C21H12Cl6N4OS. The Labute approximate surface area is 224 Å². The third-order valence-electron chi connectivity index (χ3n) is 4.60. The van der Waals surface area contributed by atoms with Gasteiger partial charge < -0.3 is 4.90 Å². The molecule has 4 rings (SSSR count). The van der Waals surface area contributed by atoms with Gasteiger partial charge in [-0.15, -0.1) is 0 Å². The number of carbonyl (C=O) groups is 1. The predicted molar refractivity (Wildman–Crippen MR) is 137 cm³/mol. The van der Waals surface area contributed by atoms with Gasteiger partial charge in [-0.2, -0.15) is 0 Å². The zero-order valence-electron chi connectivity index (χ0n) is 16.6. The van der Waals surface area contributed by atoms with E-state index in [-0.39, 0.29) is 23.3 Å². The average molecular weight is 581 g/mol. The van der Waals surface area contributed by atoms with Gasteiger partial charge in [0.2, 0.25) is 7.59 Å². The number of allylic oxidation sites excluding steroid dienone is 1. The number of fused-ring (bicyclic) bond motifs is 1. The summed E-state index contributed by atoms with van der Waals surface area (Å²) in [7, 11) is 1.92. The molecule has 0 saturated heterocycles. The molecule has 3 aromatic rings. The molecule has 0 saturated carbocycles. The van der Waals surface area contributed by atoms with Crippen LogP contribution in [-0.4, -0.2) is 27.8 Å². The third-order valence-corrected chi connectivity index (χ3v) is 6.78. The van der Waals surface area contributed by atoms with Gasteiger partial charge in [0.25, 0.3) is 0 Å². The lowest BCUT2D eigenvalue weighted by Gasteiger charge is -2.15. The number of aromatic nitrogens is 3. The van der Waals surface area contributed by atoms with Crippen LogP contribution in [0.5, 0.6) is 0 Å². The lowest BCUT2D eigenvalue weighted by Crippen LogP contribution is -2.16. The van der Waals surface area contributed by atoms with E-state index in [9.17, 15) is 4.79 Å². The quantitative estimate of drug-likeness (QED) is 0.182. The monoisotopic (exact) mass is 578 g/mol. The summed E-state index contributed by atoms with van der Waals surface area (Å²) >= 11 is 37.1. The molecule has 0 unspecified atom stereocenters. The normalized spacial score (nSPS) is 15.1. The summed E-state index contributed by atoms with van der Waals surface area (Å²) in [6.07, 6.45) is 1.60. The smallest absolute Gasteiger partial charge is 0.250 e. The van der Waals surface area contributed by atoms with E-state index in [2.05, 4.69) is 15.0 Å². The molecule has 0 N–H and O–H groups in total. The summed E-state index contributed by atoms with van der Waals surface area (Å²) in [5.74, 6) is -0.399. The topological polar surface area (TPSA) is 59.0 Å². The van der Waals surface area contributed by atoms with E-state index in [0.29, 0.717) is 11.1 Å². The van der Waals surface area contributed by atoms with E-state index in [4.69, 9.17) is 69.6 Å². The molecule has 0 aliphatic carbocycles. The molecule has 0 amide bonds. The minimum Gasteiger partial charge on any atom is -0.338 e. The predicted octanol–water partition coefficient (Wildman–Crippen LogP) is 7.46. The zero-order chi connectivity index (χ0) is 24.0. The molecule has 5 nitrogen and oxygen atoms in total. The molecule has 1 aromatic heterocycles. The molecule has 0 radical (unpaired) electrons. The second-order valence-corrected chi connectivity index (χ2v) is 12.5. The summed E-state index contributed by atoms with van der Waals surface area (Å²) in [6.45, 7) is 0. The van der Waals surface area contributed by atoms with E-state index >= 15 is 0 Å². The second-order valence-electron chi connectivity index (χ2n) is 6.85. The summed E-state index contributed by atoms with van der Waals surface area (Å²) in [5.41, 5.74) is 2.06. The van der Waals surface area contributed by atoms with Crippen LogP contribution < -0.4 is 4.90 Å². The lowest BCUT2D eigenvalue weighted by atomic mass is 10.1. The number of benzene rings is 2. The van der Waals surface area contributed by atoms with Gasteiger partial charge in [-0.25, -0.2) is 15.0 Å². The number of nitrogens with zero attached hydrogens (tertiary/aromatic N) is 4. The maximum absolute atomic E-state index is 12.9. The first-order chi connectivity index (χ1) is 15.4. The number of ketones is 1. The minimum absolute atomic E-state index is 0.131. The summed E-state index contributed by atoms with van der Waals surface area (Å²) in [6, 6.07) is 14.6. The minimum atomic E-state index is -1.95. The van der Waals surface area contributed by atoms with Crippen molar-refractivity contribution in [2.24, 2.45) is 0 Å². The van der Waals surface area contributed by atoms with Gasteiger partial charge in [-0.3, -0.25) is 4.79 Å². The van der Waals surface area contributed by atoms with Crippen LogP contribution in [0.15, 0.2) is 64.5 Å². The molecule has 1 aliphatic rings. The molecule has 0 atom stereocenters. The highest BCUT2D eigenvalue weighted by Gasteiger charge is 2.34. The summed E-state index contributed by atoms with van der Waals surface area (Å²) in [4.78, 5) is 28.2.